The third-order valence-electron chi connectivity index (χ3n) is 3.80. The molecule has 0 spiro atoms. The number of amides is 1. The van der Waals surface area contributed by atoms with Gasteiger partial charge in [-0.1, -0.05) is 0 Å². The van der Waals surface area contributed by atoms with Gasteiger partial charge in [0.05, 0.1) is 18.6 Å². The zero-order valence-corrected chi connectivity index (χ0v) is 15.6. The van der Waals surface area contributed by atoms with Crippen LogP contribution in [0.15, 0.2) is 15.9 Å². The topological polar surface area (TPSA) is 41.6 Å². The third-order valence-corrected chi connectivity index (χ3v) is 5.48. The SMILES string of the molecule is COCC1(C(=O)N(C)Cc2cc(Br)cs2)CCNCC1.Cl. The highest BCUT2D eigenvalue weighted by atomic mass is 79.9. The molecule has 120 valence electrons. The van der Waals surface area contributed by atoms with Crippen molar-refractivity contribution < 1.29 is 9.53 Å². The maximum Gasteiger partial charge on any atom is 0.231 e. The van der Waals surface area contributed by atoms with Gasteiger partial charge in [0.15, 0.2) is 0 Å². The number of hydrogen-bond acceptors (Lipinski definition) is 4. The summed E-state index contributed by atoms with van der Waals surface area (Å²) < 4.78 is 6.41. The maximum absolute atomic E-state index is 12.8. The van der Waals surface area contributed by atoms with E-state index in [0.717, 1.165) is 30.4 Å². The Bertz CT molecular complexity index is 458. The number of nitrogens with one attached hydrogen (secondary N) is 1. The van der Waals surface area contributed by atoms with E-state index in [0.29, 0.717) is 13.2 Å². The number of halogens is 2. The van der Waals surface area contributed by atoms with Crippen molar-refractivity contribution in [3.05, 3.63) is 20.8 Å². The van der Waals surface area contributed by atoms with Crippen molar-refractivity contribution in [1.29, 1.82) is 0 Å². The van der Waals surface area contributed by atoms with Crippen molar-refractivity contribution in [1.82, 2.24) is 10.2 Å². The Labute approximate surface area is 144 Å². The summed E-state index contributed by atoms with van der Waals surface area (Å²) in [4.78, 5) is 15.9. The van der Waals surface area contributed by atoms with Gasteiger partial charge < -0.3 is 15.0 Å². The Morgan fingerprint density at radius 2 is 2.19 bits per heavy atom. The zero-order chi connectivity index (χ0) is 14.6. The molecule has 1 aliphatic rings. The van der Waals surface area contributed by atoms with Crippen molar-refractivity contribution in [2.24, 2.45) is 5.41 Å². The second-order valence-corrected chi connectivity index (χ2v) is 7.27. The van der Waals surface area contributed by atoms with Gasteiger partial charge in [-0.3, -0.25) is 4.79 Å². The average Bonchev–Trinajstić information content (AvgIpc) is 2.84. The molecule has 21 heavy (non-hydrogen) atoms. The summed E-state index contributed by atoms with van der Waals surface area (Å²) in [5.41, 5.74) is -0.358. The first-order valence-electron chi connectivity index (χ1n) is 6.75. The molecular formula is C14H22BrClN2O2S. The van der Waals surface area contributed by atoms with Crippen LogP contribution in [0.5, 0.6) is 0 Å². The largest absolute Gasteiger partial charge is 0.384 e. The van der Waals surface area contributed by atoms with E-state index in [4.69, 9.17) is 4.74 Å². The molecule has 0 unspecified atom stereocenters. The standard InChI is InChI=1S/C14H21BrN2O2S.ClH/c1-17(8-12-7-11(15)9-20-12)13(18)14(10-19-2)3-5-16-6-4-14;/h7,9,16H,3-6,8,10H2,1-2H3;1H. The number of nitrogens with zero attached hydrogens (tertiary/aromatic N) is 1. The van der Waals surface area contributed by atoms with Crippen LogP contribution in [-0.4, -0.2) is 44.7 Å². The van der Waals surface area contributed by atoms with Crippen LogP contribution in [0.2, 0.25) is 0 Å². The highest BCUT2D eigenvalue weighted by molar-refractivity contribution is 9.10. The van der Waals surface area contributed by atoms with Crippen molar-refractivity contribution in [3.8, 4) is 0 Å². The maximum atomic E-state index is 12.8. The summed E-state index contributed by atoms with van der Waals surface area (Å²) in [5, 5.41) is 5.36. The van der Waals surface area contributed by atoms with Crippen molar-refractivity contribution in [3.63, 3.8) is 0 Å². The average molecular weight is 398 g/mol. The van der Waals surface area contributed by atoms with Crippen LogP contribution < -0.4 is 5.32 Å². The first-order valence-corrected chi connectivity index (χ1v) is 8.43. The lowest BCUT2D eigenvalue weighted by Crippen LogP contribution is -2.50. The molecule has 0 saturated carbocycles. The van der Waals surface area contributed by atoms with Gasteiger partial charge in [-0.05, 0) is 47.9 Å². The van der Waals surface area contributed by atoms with Crippen LogP contribution in [0.25, 0.3) is 0 Å². The number of carbonyl (C=O) groups excluding carboxylic acids is 1. The Morgan fingerprint density at radius 1 is 1.52 bits per heavy atom. The molecule has 0 radical (unpaired) electrons. The minimum Gasteiger partial charge on any atom is -0.384 e. The fraction of sp³-hybridized carbons (Fsp3) is 0.643. The molecule has 1 aliphatic heterocycles. The van der Waals surface area contributed by atoms with Crippen molar-refractivity contribution >= 4 is 45.6 Å². The minimum atomic E-state index is -0.358. The zero-order valence-electron chi connectivity index (χ0n) is 12.4. The Hall–Kier alpha value is -0.140. The second kappa shape index (κ2) is 8.48. The van der Waals surface area contributed by atoms with Gasteiger partial charge in [0.25, 0.3) is 0 Å². The van der Waals surface area contributed by atoms with E-state index >= 15 is 0 Å². The minimum absolute atomic E-state index is 0. The number of methoxy groups -OCH3 is 1. The van der Waals surface area contributed by atoms with E-state index in [1.54, 1.807) is 18.4 Å². The van der Waals surface area contributed by atoms with Crippen LogP contribution in [0.1, 0.15) is 17.7 Å². The molecule has 1 saturated heterocycles. The number of hydrogen-bond donors (Lipinski definition) is 1. The molecule has 0 bridgehead atoms. The Balaban J connectivity index is 0.00000220. The summed E-state index contributed by atoms with van der Waals surface area (Å²) in [7, 11) is 3.56. The summed E-state index contributed by atoms with van der Waals surface area (Å²) in [6, 6.07) is 2.07. The third kappa shape index (κ3) is 4.66. The molecule has 1 amide bonds. The molecule has 1 N–H and O–H groups in total. The summed E-state index contributed by atoms with van der Waals surface area (Å²) in [6.45, 7) is 2.93. The number of thiophene rings is 1. The molecule has 0 atom stereocenters. The number of piperidine rings is 1. The molecule has 4 nitrogen and oxygen atoms in total. The van der Waals surface area contributed by atoms with Crippen molar-refractivity contribution in [2.75, 3.05) is 33.9 Å². The van der Waals surface area contributed by atoms with Gasteiger partial charge >= 0.3 is 0 Å². The van der Waals surface area contributed by atoms with Crippen LogP contribution in [0, 0.1) is 5.41 Å². The number of carbonyl (C=O) groups is 1. The highest BCUT2D eigenvalue weighted by Crippen LogP contribution is 2.32. The lowest BCUT2D eigenvalue weighted by Gasteiger charge is -2.38. The van der Waals surface area contributed by atoms with Crippen LogP contribution in [-0.2, 0) is 16.1 Å². The lowest BCUT2D eigenvalue weighted by molar-refractivity contribution is -0.146. The molecule has 1 aromatic rings. The van der Waals surface area contributed by atoms with Gasteiger partial charge in [-0.15, -0.1) is 23.7 Å². The van der Waals surface area contributed by atoms with Crippen LogP contribution in [0.3, 0.4) is 0 Å². The van der Waals surface area contributed by atoms with Gasteiger partial charge in [0.2, 0.25) is 5.91 Å². The van der Waals surface area contributed by atoms with Crippen LogP contribution >= 0.6 is 39.7 Å². The van der Waals surface area contributed by atoms with Gasteiger partial charge in [-0.2, -0.15) is 0 Å². The number of ether oxygens (including phenoxy) is 1. The van der Waals surface area contributed by atoms with E-state index in [1.807, 2.05) is 17.3 Å². The quantitative estimate of drug-likeness (QED) is 0.830. The fourth-order valence-electron chi connectivity index (χ4n) is 2.75. The van der Waals surface area contributed by atoms with Crippen molar-refractivity contribution in [2.45, 2.75) is 19.4 Å². The summed E-state index contributed by atoms with van der Waals surface area (Å²) in [6.07, 6.45) is 1.69. The molecule has 0 aromatic carbocycles. The first kappa shape index (κ1) is 18.9. The fourth-order valence-corrected chi connectivity index (χ4v) is 4.25. The smallest absolute Gasteiger partial charge is 0.231 e. The summed E-state index contributed by atoms with van der Waals surface area (Å²) >= 11 is 5.12. The predicted molar refractivity (Wildman–Crippen MR) is 92.2 cm³/mol. The van der Waals surface area contributed by atoms with Crippen LogP contribution in [0.4, 0.5) is 0 Å². The molecule has 0 aliphatic carbocycles. The first-order chi connectivity index (χ1) is 9.57. The van der Waals surface area contributed by atoms with Gasteiger partial charge in [0.1, 0.15) is 0 Å². The van der Waals surface area contributed by atoms with E-state index in [2.05, 4.69) is 27.3 Å². The predicted octanol–water partition coefficient (Wildman–Crippen LogP) is 2.91. The molecule has 1 fully saturated rings. The molecular weight excluding hydrogens is 376 g/mol. The number of rotatable bonds is 5. The Kier molecular flexibility index (Phi) is 7.64. The van der Waals surface area contributed by atoms with E-state index in [1.165, 1.54) is 4.88 Å². The van der Waals surface area contributed by atoms with Gasteiger partial charge in [0, 0.05) is 28.9 Å². The Morgan fingerprint density at radius 3 is 2.71 bits per heavy atom. The molecule has 2 heterocycles. The monoisotopic (exact) mass is 396 g/mol. The molecule has 7 heteroatoms. The van der Waals surface area contributed by atoms with E-state index in [9.17, 15) is 4.79 Å². The van der Waals surface area contributed by atoms with E-state index < -0.39 is 0 Å². The molecule has 2 rings (SSSR count). The highest BCUT2D eigenvalue weighted by Gasteiger charge is 2.41. The molecule has 1 aromatic heterocycles. The second-order valence-electron chi connectivity index (χ2n) is 5.36. The normalized spacial score (nSPS) is 17.1. The van der Waals surface area contributed by atoms with E-state index in [-0.39, 0.29) is 23.7 Å². The summed E-state index contributed by atoms with van der Waals surface area (Å²) in [5.74, 6) is 0.199. The van der Waals surface area contributed by atoms with Gasteiger partial charge in [-0.25, -0.2) is 0 Å². The lowest BCUT2D eigenvalue weighted by atomic mass is 9.78.